The molecule has 5 heteroatoms. The molecule has 57 heavy (non-hydrogen) atoms. The number of hydrogen-bond acceptors (Lipinski definition) is 2. The summed E-state index contributed by atoms with van der Waals surface area (Å²) in [6.07, 6.45) is 31.6. The molecule has 16 rings (SSSR count). The number of benzene rings is 2. The molecule has 1 spiro atoms. The third-order valence-corrected chi connectivity index (χ3v) is 88.2. The van der Waals surface area contributed by atoms with Crippen LogP contribution in [0, 0.1) is 0 Å². The number of hydrogen-bond donors (Lipinski definition) is 0. The van der Waals surface area contributed by atoms with Gasteiger partial charge in [0.15, 0.2) is 0 Å². The Kier molecular flexibility index (Phi) is 4.30. The number of fused-ring (bicyclic) bond motifs is 10. The average Bonchev–Trinajstić information content (AvgIpc) is 4.22. The second-order valence-electron chi connectivity index (χ2n) is 25.5. The van der Waals surface area contributed by atoms with Gasteiger partial charge >= 0.3 is 341 Å². The summed E-state index contributed by atoms with van der Waals surface area (Å²) in [5.74, 6) is 0. The minimum atomic E-state index is -4.79. The van der Waals surface area contributed by atoms with Crippen LogP contribution in [0.1, 0.15) is 152 Å². The molecule has 0 N–H and O–H groups in total. The van der Waals surface area contributed by atoms with Crippen molar-refractivity contribution in [3.63, 3.8) is 0 Å². The quantitative estimate of drug-likeness (QED) is 0.155. The van der Waals surface area contributed by atoms with E-state index in [4.69, 9.17) is 0 Å². The summed E-state index contributed by atoms with van der Waals surface area (Å²) in [7, 11) is 10.6. The van der Waals surface area contributed by atoms with Crippen molar-refractivity contribution in [2.45, 2.75) is 209 Å². The summed E-state index contributed by atoms with van der Waals surface area (Å²) < 4.78 is 3.09. The van der Waals surface area contributed by atoms with Gasteiger partial charge in [-0.3, -0.25) is 0 Å². The third kappa shape index (κ3) is 1.26. The average molecular weight is 845 g/mol. The van der Waals surface area contributed by atoms with E-state index < -0.39 is 6.51 Å². The first-order chi connectivity index (χ1) is 27.7. The number of rotatable bonds is 12. The Morgan fingerprint density at radius 1 is 0.439 bits per heavy atom. The van der Waals surface area contributed by atoms with E-state index in [9.17, 15) is 0 Å². The van der Waals surface area contributed by atoms with Gasteiger partial charge in [-0.2, -0.15) is 0 Å². The number of nitrogens with zero attached hydrogens (tertiary/aromatic N) is 2. The normalized spacial score (nSPS) is 57.1. The SMILES string of the molecule is CN(C)[C@H](c1ccccc1)[C]12[CH]3[CH]4[CH]5[C]1(P(C1CCCCC1)C1CCCCC1)[Fe]43521678[CH]2[CH]1[C]6([C@@H](c1ccccc1)N(C)C)[C@@]7(P(C1CCCCC1)C1CCCCC1)[CH]28. The van der Waals surface area contributed by atoms with E-state index in [-0.39, 0.29) is 15.8 Å². The molecule has 4 aliphatic carbocycles. The molecule has 2 nitrogen and oxygen atoms in total. The van der Waals surface area contributed by atoms with Crippen molar-refractivity contribution in [3.05, 3.63) is 71.8 Å². The zero-order valence-electron chi connectivity index (χ0n) is 36.0. The van der Waals surface area contributed by atoms with Crippen molar-refractivity contribution in [2.75, 3.05) is 28.2 Å². The zero-order valence-corrected chi connectivity index (χ0v) is 38.9. The molecular formula is C52H74FeN2P2. The summed E-state index contributed by atoms with van der Waals surface area (Å²) in [6.45, 7) is -4.79. The van der Waals surface area contributed by atoms with E-state index in [1.165, 1.54) is 54.6 Å². The maximum absolute atomic E-state index is 4.79. The molecule has 14 aliphatic rings. The fourth-order valence-corrected chi connectivity index (χ4v) is 146. The summed E-state index contributed by atoms with van der Waals surface area (Å²) in [5.41, 5.74) is 7.97. The van der Waals surface area contributed by atoms with Crippen LogP contribution in [-0.2, 0) is 6.51 Å². The van der Waals surface area contributed by atoms with Gasteiger partial charge in [-0.15, -0.1) is 0 Å². The Bertz CT molecular complexity index is 2300. The fraction of sp³-hybridized carbons (Fsp3) is 0.769. The van der Waals surface area contributed by atoms with Crippen LogP contribution in [0.2, 0.25) is 37.5 Å². The molecule has 10 saturated heterocycles. The fourth-order valence-electron chi connectivity index (χ4n) is 30.5. The summed E-state index contributed by atoms with van der Waals surface area (Å²) in [5, 5.41) is 0. The molecule has 10 heterocycles. The molecule has 2 aromatic carbocycles. The molecule has 310 valence electrons. The molecule has 0 bridgehead atoms. The van der Waals surface area contributed by atoms with Gasteiger partial charge in [0.2, 0.25) is 0 Å². The first kappa shape index (κ1) is 34.3. The molecule has 0 aromatic heterocycles. The summed E-state index contributed by atoms with van der Waals surface area (Å²) >= 11 is 0. The van der Waals surface area contributed by atoms with Crippen LogP contribution in [0.5, 0.6) is 0 Å². The Morgan fingerprint density at radius 2 is 0.737 bits per heavy atom. The second kappa shape index (κ2) is 7.16. The molecule has 12 atom stereocenters. The minimum absolute atomic E-state index is 0.0184. The van der Waals surface area contributed by atoms with Gasteiger partial charge in [-0.1, -0.05) is 0 Å². The van der Waals surface area contributed by atoms with E-state index in [1.54, 1.807) is 114 Å². The third-order valence-electron chi connectivity index (χ3n) is 27.9. The first-order valence-electron chi connectivity index (χ1n) is 24.9. The molecule has 10 aliphatic heterocycles. The Morgan fingerprint density at radius 3 is 1.00 bits per heavy atom. The topological polar surface area (TPSA) is 6.48 Å². The van der Waals surface area contributed by atoms with E-state index in [0.29, 0.717) is 20.7 Å². The van der Waals surface area contributed by atoms with Gasteiger partial charge in [0.1, 0.15) is 0 Å². The van der Waals surface area contributed by atoms with Gasteiger partial charge < -0.3 is 0 Å². The summed E-state index contributed by atoms with van der Waals surface area (Å²) in [4.78, 5) is 13.6. The van der Waals surface area contributed by atoms with Crippen LogP contribution in [0.25, 0.3) is 0 Å². The predicted octanol–water partition coefficient (Wildman–Crippen LogP) is 14.8. The van der Waals surface area contributed by atoms with Gasteiger partial charge in [-0.25, -0.2) is 0 Å². The second-order valence-corrected chi connectivity index (χ2v) is 54.9. The molecule has 0 amide bonds. The standard InChI is InChI=1S/2C26H37NP.Fe/c2*1-27(2)26(21-13-6-3-7-14-21)24-19-12-20-25(24)28(22-15-8-4-9-16-22)23-17-10-5-11-18-23;/h2*3,6-7,12-14,19-20,22-23,26H,4-5,8-11,15-18H2,1-2H3;/t2*26-;/m11./s1. The van der Waals surface area contributed by atoms with Crippen LogP contribution in [0.4, 0.5) is 0 Å². The van der Waals surface area contributed by atoms with E-state index in [0.717, 1.165) is 30.7 Å². The molecule has 14 fully saturated rings. The van der Waals surface area contributed by atoms with Crippen molar-refractivity contribution in [1.82, 2.24) is 9.80 Å². The Labute approximate surface area is 339 Å². The molecule has 0 radical (unpaired) electrons. The van der Waals surface area contributed by atoms with Gasteiger partial charge in [-0.05, 0) is 0 Å². The predicted molar refractivity (Wildman–Crippen MR) is 240 cm³/mol. The van der Waals surface area contributed by atoms with Crippen molar-refractivity contribution in [3.8, 4) is 0 Å². The van der Waals surface area contributed by atoms with Gasteiger partial charge in [0.05, 0.1) is 0 Å². The zero-order chi connectivity index (χ0) is 37.9. The molecule has 4 saturated carbocycles. The van der Waals surface area contributed by atoms with Crippen LogP contribution >= 0.6 is 15.8 Å². The van der Waals surface area contributed by atoms with Crippen LogP contribution in [0.3, 0.4) is 0 Å². The Balaban J connectivity index is 1.06. The van der Waals surface area contributed by atoms with E-state index in [2.05, 4.69) is 98.7 Å². The van der Waals surface area contributed by atoms with E-state index >= 15 is 0 Å². The van der Waals surface area contributed by atoms with Crippen molar-refractivity contribution in [2.24, 2.45) is 0 Å². The van der Waals surface area contributed by atoms with Crippen LogP contribution in [0.15, 0.2) is 60.7 Å². The molecular weight excluding hydrogens is 770 g/mol. The van der Waals surface area contributed by atoms with Gasteiger partial charge in [0.25, 0.3) is 0 Å². The van der Waals surface area contributed by atoms with Crippen LogP contribution < -0.4 is 0 Å². The van der Waals surface area contributed by atoms with Crippen molar-refractivity contribution in [1.29, 1.82) is 0 Å². The monoisotopic (exact) mass is 844 g/mol. The maximum atomic E-state index is 2.98. The van der Waals surface area contributed by atoms with Crippen LogP contribution in [-0.4, -0.2) is 68.7 Å². The van der Waals surface area contributed by atoms with Crippen molar-refractivity contribution < 1.29 is 6.51 Å². The first-order valence-corrected chi connectivity index (χ1v) is 33.9. The molecule has 9 unspecified atom stereocenters. The van der Waals surface area contributed by atoms with Crippen molar-refractivity contribution >= 4 is 15.8 Å². The van der Waals surface area contributed by atoms with Gasteiger partial charge in [0, 0.05) is 0 Å². The summed E-state index contributed by atoms with van der Waals surface area (Å²) in [6, 6.07) is 26.7. The molecule has 2 aromatic rings. The Hall–Kier alpha value is -0.261. The van der Waals surface area contributed by atoms with E-state index in [1.807, 2.05) is 0 Å².